The number of benzene rings is 1. The van der Waals surface area contributed by atoms with Gasteiger partial charge in [0.15, 0.2) is 0 Å². The number of amides is 1. The van der Waals surface area contributed by atoms with Crippen LogP contribution in [0.3, 0.4) is 0 Å². The highest BCUT2D eigenvalue weighted by Crippen LogP contribution is 2.26. The highest BCUT2D eigenvalue weighted by molar-refractivity contribution is 6.35. The fourth-order valence-electron chi connectivity index (χ4n) is 1.89. The third-order valence-electron chi connectivity index (χ3n) is 3.09. The molecule has 0 saturated carbocycles. The molecule has 0 aliphatic rings. The lowest BCUT2D eigenvalue weighted by atomic mass is 10.1. The van der Waals surface area contributed by atoms with E-state index in [0.717, 1.165) is 5.56 Å². The third-order valence-corrected chi connectivity index (χ3v) is 3.65. The SMILES string of the molecule is C[C@H](NC(=O)[C@@H](C)n1cccn1)c1ccc(Cl)cc1Cl. The lowest BCUT2D eigenvalue weighted by Gasteiger charge is -2.19. The largest absolute Gasteiger partial charge is 0.348 e. The van der Waals surface area contributed by atoms with Crippen molar-refractivity contribution in [3.05, 3.63) is 52.3 Å². The van der Waals surface area contributed by atoms with Crippen LogP contribution in [0, 0.1) is 0 Å². The van der Waals surface area contributed by atoms with E-state index in [1.807, 2.05) is 13.0 Å². The number of nitrogens with zero attached hydrogens (tertiary/aromatic N) is 2. The van der Waals surface area contributed by atoms with Gasteiger partial charge in [-0.25, -0.2) is 0 Å². The van der Waals surface area contributed by atoms with E-state index in [4.69, 9.17) is 23.2 Å². The average Bonchev–Trinajstić information content (AvgIpc) is 2.91. The summed E-state index contributed by atoms with van der Waals surface area (Å²) in [6.07, 6.45) is 3.40. The zero-order valence-corrected chi connectivity index (χ0v) is 12.7. The Hall–Kier alpha value is -1.52. The first kappa shape index (κ1) is 14.9. The summed E-state index contributed by atoms with van der Waals surface area (Å²) in [6.45, 7) is 3.67. The molecule has 0 unspecified atom stereocenters. The number of carbonyl (C=O) groups is 1. The van der Waals surface area contributed by atoms with Gasteiger partial charge in [0.05, 0.1) is 6.04 Å². The van der Waals surface area contributed by atoms with Crippen molar-refractivity contribution < 1.29 is 4.79 Å². The first-order chi connectivity index (χ1) is 9.49. The molecule has 1 aromatic heterocycles. The Morgan fingerprint density at radius 1 is 1.35 bits per heavy atom. The lowest BCUT2D eigenvalue weighted by molar-refractivity contribution is -0.124. The molecule has 2 rings (SSSR count). The Balaban J connectivity index is 2.07. The number of halogens is 2. The van der Waals surface area contributed by atoms with Crippen LogP contribution in [0.15, 0.2) is 36.7 Å². The average molecular weight is 312 g/mol. The Bertz CT molecular complexity index is 598. The minimum Gasteiger partial charge on any atom is -0.348 e. The molecule has 106 valence electrons. The van der Waals surface area contributed by atoms with Gasteiger partial charge in [-0.3, -0.25) is 9.48 Å². The highest BCUT2D eigenvalue weighted by atomic mass is 35.5. The predicted octanol–water partition coefficient (Wildman–Crippen LogP) is 3.63. The fourth-order valence-corrected chi connectivity index (χ4v) is 2.47. The summed E-state index contributed by atoms with van der Waals surface area (Å²) in [5, 5.41) is 8.09. The number of aromatic nitrogens is 2. The van der Waals surface area contributed by atoms with Crippen LogP contribution in [0.5, 0.6) is 0 Å². The summed E-state index contributed by atoms with van der Waals surface area (Å²) in [4.78, 5) is 12.2. The maximum Gasteiger partial charge on any atom is 0.245 e. The molecular formula is C14H15Cl2N3O. The molecule has 2 aromatic rings. The zero-order chi connectivity index (χ0) is 14.7. The lowest BCUT2D eigenvalue weighted by Crippen LogP contribution is -2.33. The molecule has 0 spiro atoms. The Labute approximate surface area is 127 Å². The molecule has 1 amide bonds. The molecule has 2 atom stereocenters. The standard InChI is InChI=1S/C14H15Cl2N3O/c1-9(12-5-4-11(15)8-13(12)16)18-14(20)10(2)19-7-3-6-17-19/h3-10H,1-2H3,(H,18,20)/t9-,10+/m0/s1. The molecule has 4 nitrogen and oxygen atoms in total. The van der Waals surface area contributed by atoms with Gasteiger partial charge in [0.2, 0.25) is 5.91 Å². The van der Waals surface area contributed by atoms with E-state index in [-0.39, 0.29) is 18.0 Å². The molecule has 6 heteroatoms. The van der Waals surface area contributed by atoms with Crippen LogP contribution in [0.25, 0.3) is 0 Å². The zero-order valence-electron chi connectivity index (χ0n) is 11.2. The van der Waals surface area contributed by atoms with Crippen molar-refractivity contribution >= 4 is 29.1 Å². The number of rotatable bonds is 4. The van der Waals surface area contributed by atoms with Gasteiger partial charge in [0.1, 0.15) is 6.04 Å². The predicted molar refractivity (Wildman–Crippen MR) is 80.0 cm³/mol. The maximum atomic E-state index is 12.2. The Morgan fingerprint density at radius 2 is 2.10 bits per heavy atom. The van der Waals surface area contributed by atoms with Gasteiger partial charge < -0.3 is 5.32 Å². The fraction of sp³-hybridized carbons (Fsp3) is 0.286. The first-order valence-electron chi connectivity index (χ1n) is 6.23. The molecule has 1 heterocycles. The van der Waals surface area contributed by atoms with E-state index < -0.39 is 0 Å². The van der Waals surface area contributed by atoms with E-state index in [9.17, 15) is 4.79 Å². The van der Waals surface area contributed by atoms with Crippen molar-refractivity contribution in [1.29, 1.82) is 0 Å². The van der Waals surface area contributed by atoms with Crippen LogP contribution in [0.4, 0.5) is 0 Å². The number of hydrogen-bond donors (Lipinski definition) is 1. The summed E-state index contributed by atoms with van der Waals surface area (Å²) in [5.74, 6) is -0.118. The van der Waals surface area contributed by atoms with Crippen LogP contribution in [0.2, 0.25) is 10.0 Å². The summed E-state index contributed by atoms with van der Waals surface area (Å²) in [6, 6.07) is 6.43. The van der Waals surface area contributed by atoms with E-state index in [2.05, 4.69) is 10.4 Å². The van der Waals surface area contributed by atoms with Gasteiger partial charge in [-0.2, -0.15) is 5.10 Å². The quantitative estimate of drug-likeness (QED) is 0.937. The number of hydrogen-bond acceptors (Lipinski definition) is 2. The summed E-state index contributed by atoms with van der Waals surface area (Å²) in [7, 11) is 0. The summed E-state index contributed by atoms with van der Waals surface area (Å²) in [5.41, 5.74) is 0.831. The molecule has 1 N–H and O–H groups in total. The van der Waals surface area contributed by atoms with E-state index in [0.29, 0.717) is 10.0 Å². The minimum absolute atomic E-state index is 0.118. The van der Waals surface area contributed by atoms with Gasteiger partial charge >= 0.3 is 0 Å². The second-order valence-corrected chi connectivity index (χ2v) is 5.40. The minimum atomic E-state index is -0.376. The van der Waals surface area contributed by atoms with Crippen LogP contribution < -0.4 is 5.32 Å². The van der Waals surface area contributed by atoms with Crippen LogP contribution >= 0.6 is 23.2 Å². The van der Waals surface area contributed by atoms with Gasteiger partial charge in [-0.15, -0.1) is 0 Å². The van der Waals surface area contributed by atoms with E-state index >= 15 is 0 Å². The van der Waals surface area contributed by atoms with Gasteiger partial charge in [-0.1, -0.05) is 29.3 Å². The summed E-state index contributed by atoms with van der Waals surface area (Å²) >= 11 is 12.0. The molecular weight excluding hydrogens is 297 g/mol. The molecule has 0 radical (unpaired) electrons. The highest BCUT2D eigenvalue weighted by Gasteiger charge is 2.19. The molecule has 0 fully saturated rings. The van der Waals surface area contributed by atoms with Crippen molar-refractivity contribution in [3.8, 4) is 0 Å². The second kappa shape index (κ2) is 6.29. The Kier molecular flexibility index (Phi) is 4.68. The summed E-state index contributed by atoms with van der Waals surface area (Å²) < 4.78 is 1.60. The molecule has 0 bridgehead atoms. The first-order valence-corrected chi connectivity index (χ1v) is 6.99. The molecule has 0 saturated heterocycles. The topological polar surface area (TPSA) is 46.9 Å². The maximum absolute atomic E-state index is 12.2. The molecule has 20 heavy (non-hydrogen) atoms. The molecule has 1 aromatic carbocycles. The van der Waals surface area contributed by atoms with Gasteiger partial charge in [0.25, 0.3) is 0 Å². The normalized spacial score (nSPS) is 13.8. The van der Waals surface area contributed by atoms with Crippen molar-refractivity contribution in [2.75, 3.05) is 0 Å². The van der Waals surface area contributed by atoms with E-state index in [1.165, 1.54) is 0 Å². The third kappa shape index (κ3) is 3.32. The van der Waals surface area contributed by atoms with Crippen LogP contribution in [0.1, 0.15) is 31.5 Å². The number of carbonyl (C=O) groups excluding carboxylic acids is 1. The monoisotopic (exact) mass is 311 g/mol. The van der Waals surface area contributed by atoms with Gasteiger partial charge in [0, 0.05) is 22.4 Å². The van der Waals surface area contributed by atoms with Crippen molar-refractivity contribution in [1.82, 2.24) is 15.1 Å². The molecule has 0 aliphatic heterocycles. The van der Waals surface area contributed by atoms with Gasteiger partial charge in [-0.05, 0) is 37.6 Å². The number of nitrogens with one attached hydrogen (secondary N) is 1. The van der Waals surface area contributed by atoms with Crippen molar-refractivity contribution in [2.45, 2.75) is 25.9 Å². The van der Waals surface area contributed by atoms with Crippen molar-refractivity contribution in [3.63, 3.8) is 0 Å². The van der Waals surface area contributed by atoms with Crippen LogP contribution in [-0.2, 0) is 4.79 Å². The van der Waals surface area contributed by atoms with Crippen molar-refractivity contribution in [2.24, 2.45) is 0 Å². The Morgan fingerprint density at radius 3 is 2.70 bits per heavy atom. The molecule has 0 aliphatic carbocycles. The second-order valence-electron chi connectivity index (χ2n) is 4.56. The smallest absolute Gasteiger partial charge is 0.245 e. The van der Waals surface area contributed by atoms with Crippen LogP contribution in [-0.4, -0.2) is 15.7 Å². The van der Waals surface area contributed by atoms with E-state index in [1.54, 1.807) is 42.2 Å².